The molecule has 14 heavy (non-hydrogen) atoms. The molecule has 2 rings (SSSR count). The fraction of sp³-hybridized carbons (Fsp3) is 0.600. The van der Waals surface area contributed by atoms with Crippen LogP contribution >= 0.6 is 15.9 Å². The van der Waals surface area contributed by atoms with Gasteiger partial charge in [0, 0.05) is 23.0 Å². The van der Waals surface area contributed by atoms with Crippen molar-refractivity contribution in [2.45, 2.75) is 25.7 Å². The molecule has 1 aliphatic heterocycles. The topological polar surface area (TPSA) is 37.4 Å². The third kappa shape index (κ3) is 1.41. The maximum Gasteiger partial charge on any atom is 0.257 e. The van der Waals surface area contributed by atoms with Crippen LogP contribution in [0.2, 0.25) is 0 Å². The number of hydrogen-bond acceptors (Lipinski definition) is 2. The number of amides is 2. The van der Waals surface area contributed by atoms with Gasteiger partial charge in [-0.15, -0.1) is 0 Å². The van der Waals surface area contributed by atoms with E-state index in [4.69, 9.17) is 0 Å². The van der Waals surface area contributed by atoms with Crippen molar-refractivity contribution in [1.82, 2.24) is 4.90 Å². The molecule has 0 aromatic heterocycles. The SMILES string of the molecule is O=C1C2=C(CCCC2)C(=O)N1CCBr. The van der Waals surface area contributed by atoms with Crippen molar-refractivity contribution >= 4 is 27.7 Å². The van der Waals surface area contributed by atoms with Crippen molar-refractivity contribution in [3.63, 3.8) is 0 Å². The van der Waals surface area contributed by atoms with Gasteiger partial charge in [0.15, 0.2) is 0 Å². The minimum atomic E-state index is -0.0517. The summed E-state index contributed by atoms with van der Waals surface area (Å²) in [6, 6.07) is 0. The summed E-state index contributed by atoms with van der Waals surface area (Å²) < 4.78 is 0. The van der Waals surface area contributed by atoms with Gasteiger partial charge in [0.1, 0.15) is 0 Å². The van der Waals surface area contributed by atoms with Crippen LogP contribution in [0.15, 0.2) is 11.1 Å². The van der Waals surface area contributed by atoms with Gasteiger partial charge < -0.3 is 0 Å². The Morgan fingerprint density at radius 2 is 1.57 bits per heavy atom. The predicted molar refractivity (Wildman–Crippen MR) is 56.0 cm³/mol. The Morgan fingerprint density at radius 3 is 2.00 bits per heavy atom. The number of carbonyl (C=O) groups is 2. The summed E-state index contributed by atoms with van der Waals surface area (Å²) in [5.41, 5.74) is 1.56. The molecule has 0 unspecified atom stereocenters. The molecule has 0 N–H and O–H groups in total. The second kappa shape index (κ2) is 3.85. The average Bonchev–Trinajstić information content (AvgIpc) is 2.45. The van der Waals surface area contributed by atoms with E-state index in [-0.39, 0.29) is 11.8 Å². The van der Waals surface area contributed by atoms with E-state index in [0.717, 1.165) is 36.8 Å². The lowest BCUT2D eigenvalue weighted by atomic mass is 9.93. The van der Waals surface area contributed by atoms with Gasteiger partial charge in [-0.2, -0.15) is 0 Å². The molecule has 0 aromatic carbocycles. The highest BCUT2D eigenvalue weighted by atomic mass is 79.9. The molecular formula is C10H12BrNO2. The fourth-order valence-electron chi connectivity index (χ4n) is 2.08. The molecule has 3 nitrogen and oxygen atoms in total. The zero-order valence-electron chi connectivity index (χ0n) is 7.88. The van der Waals surface area contributed by atoms with Gasteiger partial charge in [-0.3, -0.25) is 14.5 Å². The Labute approximate surface area is 91.3 Å². The van der Waals surface area contributed by atoms with Gasteiger partial charge in [-0.1, -0.05) is 15.9 Å². The molecule has 2 aliphatic rings. The Bertz CT molecular complexity index is 294. The predicted octanol–water partition coefficient (Wildman–Crippen LogP) is 1.62. The number of nitrogens with zero attached hydrogens (tertiary/aromatic N) is 1. The van der Waals surface area contributed by atoms with E-state index in [0.29, 0.717) is 11.9 Å². The zero-order valence-corrected chi connectivity index (χ0v) is 9.47. The first-order chi connectivity index (χ1) is 6.75. The molecule has 1 heterocycles. The van der Waals surface area contributed by atoms with Crippen LogP contribution in [0, 0.1) is 0 Å². The highest BCUT2D eigenvalue weighted by molar-refractivity contribution is 9.09. The third-order valence-corrected chi connectivity index (χ3v) is 3.14. The van der Waals surface area contributed by atoms with Gasteiger partial charge >= 0.3 is 0 Å². The van der Waals surface area contributed by atoms with Crippen LogP contribution in [0.25, 0.3) is 0 Å². The van der Waals surface area contributed by atoms with Crippen molar-refractivity contribution in [1.29, 1.82) is 0 Å². The number of rotatable bonds is 2. The van der Waals surface area contributed by atoms with E-state index in [1.165, 1.54) is 4.90 Å². The Kier molecular flexibility index (Phi) is 2.72. The molecule has 76 valence electrons. The smallest absolute Gasteiger partial charge is 0.257 e. The molecule has 2 amide bonds. The van der Waals surface area contributed by atoms with Crippen LogP contribution in [-0.4, -0.2) is 28.6 Å². The Morgan fingerprint density at radius 1 is 1.07 bits per heavy atom. The summed E-state index contributed by atoms with van der Waals surface area (Å²) >= 11 is 3.25. The molecular weight excluding hydrogens is 246 g/mol. The summed E-state index contributed by atoms with van der Waals surface area (Å²) in [7, 11) is 0. The largest absolute Gasteiger partial charge is 0.274 e. The Balaban J connectivity index is 2.25. The first kappa shape index (κ1) is 9.90. The van der Waals surface area contributed by atoms with Gasteiger partial charge in [0.25, 0.3) is 11.8 Å². The molecule has 0 spiro atoms. The van der Waals surface area contributed by atoms with Crippen LogP contribution in [0.5, 0.6) is 0 Å². The lowest BCUT2D eigenvalue weighted by Gasteiger charge is -2.12. The lowest BCUT2D eigenvalue weighted by Crippen LogP contribution is -2.33. The molecule has 0 fully saturated rings. The van der Waals surface area contributed by atoms with Crippen molar-refractivity contribution in [2.75, 3.05) is 11.9 Å². The summed E-state index contributed by atoms with van der Waals surface area (Å²) in [5.74, 6) is -0.103. The van der Waals surface area contributed by atoms with Crippen molar-refractivity contribution in [3.8, 4) is 0 Å². The van der Waals surface area contributed by atoms with E-state index in [1.807, 2.05) is 0 Å². The highest BCUT2D eigenvalue weighted by Gasteiger charge is 2.37. The van der Waals surface area contributed by atoms with E-state index in [1.54, 1.807) is 0 Å². The van der Waals surface area contributed by atoms with Crippen LogP contribution in [0.4, 0.5) is 0 Å². The normalized spacial score (nSPS) is 21.9. The number of halogens is 1. The van der Waals surface area contributed by atoms with Crippen LogP contribution in [0.3, 0.4) is 0 Å². The van der Waals surface area contributed by atoms with Crippen LogP contribution in [-0.2, 0) is 9.59 Å². The molecule has 1 aliphatic carbocycles. The number of imide groups is 1. The fourth-order valence-corrected chi connectivity index (χ4v) is 2.44. The van der Waals surface area contributed by atoms with Gasteiger partial charge in [-0.05, 0) is 25.7 Å². The second-order valence-corrected chi connectivity index (χ2v) is 4.41. The van der Waals surface area contributed by atoms with E-state index < -0.39 is 0 Å². The maximum atomic E-state index is 11.8. The highest BCUT2D eigenvalue weighted by Crippen LogP contribution is 2.32. The van der Waals surface area contributed by atoms with Crippen LogP contribution < -0.4 is 0 Å². The summed E-state index contributed by atoms with van der Waals surface area (Å²) in [6.45, 7) is 0.491. The van der Waals surface area contributed by atoms with Crippen molar-refractivity contribution in [2.24, 2.45) is 0 Å². The maximum absolute atomic E-state index is 11.8. The van der Waals surface area contributed by atoms with E-state index >= 15 is 0 Å². The minimum Gasteiger partial charge on any atom is -0.274 e. The number of hydrogen-bond donors (Lipinski definition) is 0. The van der Waals surface area contributed by atoms with E-state index in [2.05, 4.69) is 15.9 Å². The zero-order chi connectivity index (χ0) is 10.1. The van der Waals surface area contributed by atoms with Crippen molar-refractivity contribution in [3.05, 3.63) is 11.1 Å². The summed E-state index contributed by atoms with van der Waals surface area (Å²) in [4.78, 5) is 24.9. The second-order valence-electron chi connectivity index (χ2n) is 3.62. The Hall–Kier alpha value is -0.640. The lowest BCUT2D eigenvalue weighted by molar-refractivity contribution is -0.137. The third-order valence-electron chi connectivity index (χ3n) is 2.78. The van der Waals surface area contributed by atoms with Crippen molar-refractivity contribution < 1.29 is 9.59 Å². The molecule has 0 aromatic rings. The molecule has 0 bridgehead atoms. The van der Waals surface area contributed by atoms with Crippen LogP contribution in [0.1, 0.15) is 25.7 Å². The standard InChI is InChI=1S/C10H12BrNO2/c11-5-6-12-9(13)7-3-1-2-4-8(7)10(12)14/h1-6H2. The average molecular weight is 258 g/mol. The molecule has 0 saturated heterocycles. The monoisotopic (exact) mass is 257 g/mol. The minimum absolute atomic E-state index is 0.0517. The molecule has 4 heteroatoms. The number of alkyl halides is 1. The first-order valence-electron chi connectivity index (χ1n) is 4.90. The summed E-state index contributed by atoms with van der Waals surface area (Å²) in [5, 5.41) is 0.658. The molecule has 0 saturated carbocycles. The van der Waals surface area contributed by atoms with E-state index in [9.17, 15) is 9.59 Å². The molecule has 0 radical (unpaired) electrons. The van der Waals surface area contributed by atoms with Gasteiger partial charge in [0.05, 0.1) is 0 Å². The van der Waals surface area contributed by atoms with Gasteiger partial charge in [0.2, 0.25) is 0 Å². The quantitative estimate of drug-likeness (QED) is 0.557. The summed E-state index contributed by atoms with van der Waals surface area (Å²) in [6.07, 6.45) is 3.66. The van der Waals surface area contributed by atoms with Gasteiger partial charge in [-0.25, -0.2) is 0 Å². The molecule has 0 atom stereocenters. The number of carbonyl (C=O) groups excluding carboxylic acids is 2. The first-order valence-corrected chi connectivity index (χ1v) is 6.02.